The van der Waals surface area contributed by atoms with Crippen molar-refractivity contribution in [2.45, 2.75) is 12.1 Å². The number of amides is 4. The monoisotopic (exact) mass is 424 g/mol. The molecule has 5 N–H and O–H groups in total. The average Bonchev–Trinajstić information content (AvgIpc) is 3.38. The van der Waals surface area contributed by atoms with E-state index in [1.807, 2.05) is 0 Å². The van der Waals surface area contributed by atoms with Gasteiger partial charge in [-0.1, -0.05) is 11.8 Å². The van der Waals surface area contributed by atoms with Crippen molar-refractivity contribution < 1.29 is 24.2 Å². The van der Waals surface area contributed by atoms with E-state index in [0.29, 0.717) is 20.9 Å². The number of hydrogen-bond acceptors (Lipinski definition) is 6. The molecule has 0 spiro atoms. The Hall–Kier alpha value is -3.97. The maximum atomic E-state index is 12.6. The zero-order chi connectivity index (χ0) is 21.5. The minimum Gasteiger partial charge on any atom is -0.497 e. The number of carbonyl (C=O) groups excluding carboxylic acids is 3. The smallest absolute Gasteiger partial charge is 0.323 e. The molecule has 1 fully saturated rings. The summed E-state index contributed by atoms with van der Waals surface area (Å²) in [6, 6.07) is 7.65. The lowest BCUT2D eigenvalue weighted by atomic mass is 10.0. The highest BCUT2D eigenvalue weighted by atomic mass is 32.1. The van der Waals surface area contributed by atoms with Crippen molar-refractivity contribution in [3.63, 3.8) is 0 Å². The summed E-state index contributed by atoms with van der Waals surface area (Å²) < 4.78 is 6.62. The van der Waals surface area contributed by atoms with Crippen LogP contribution in [0.3, 0.4) is 0 Å². The number of methoxy groups -OCH3 is 1. The van der Waals surface area contributed by atoms with Gasteiger partial charge in [-0.25, -0.2) is 4.79 Å². The van der Waals surface area contributed by atoms with Gasteiger partial charge in [0.25, 0.3) is 11.8 Å². The van der Waals surface area contributed by atoms with E-state index in [1.165, 1.54) is 17.7 Å². The minimum absolute atomic E-state index is 0.0915. The third kappa shape index (κ3) is 3.31. The number of imide groups is 1. The number of ether oxygens (including phenoxy) is 1. The number of rotatable bonds is 4. The second-order valence-electron chi connectivity index (χ2n) is 6.63. The second kappa shape index (κ2) is 7.13. The quantitative estimate of drug-likeness (QED) is 0.368. The predicted octanol–water partition coefficient (Wildman–Crippen LogP) is 1.15. The fourth-order valence-electron chi connectivity index (χ4n) is 3.16. The van der Waals surface area contributed by atoms with Crippen LogP contribution in [0.25, 0.3) is 10.8 Å². The first kappa shape index (κ1) is 19.4. The van der Waals surface area contributed by atoms with Gasteiger partial charge in [-0.2, -0.15) is 0 Å². The predicted molar refractivity (Wildman–Crippen MR) is 109 cm³/mol. The summed E-state index contributed by atoms with van der Waals surface area (Å²) in [5.41, 5.74) is 3.64. The van der Waals surface area contributed by atoms with E-state index in [1.54, 1.807) is 30.5 Å². The lowest BCUT2D eigenvalue weighted by Crippen LogP contribution is -2.49. The molecule has 10 heteroatoms. The zero-order valence-corrected chi connectivity index (χ0v) is 16.5. The molecule has 30 heavy (non-hydrogen) atoms. The fraction of sp³-hybridized carbons (Fsp3) is 0.150. The Balaban J connectivity index is 1.74. The number of carbonyl (C=O) groups is 3. The van der Waals surface area contributed by atoms with Crippen LogP contribution in [-0.2, 0) is 11.3 Å². The highest BCUT2D eigenvalue weighted by Gasteiger charge is 2.46. The Morgan fingerprint density at radius 3 is 2.77 bits per heavy atom. The topological polar surface area (TPSA) is 136 Å². The number of hydrogen-bond donors (Lipinski definition) is 4. The molecule has 152 valence electrons. The van der Waals surface area contributed by atoms with Crippen LogP contribution in [0.4, 0.5) is 4.79 Å². The number of benzene rings is 1. The van der Waals surface area contributed by atoms with E-state index in [-0.39, 0.29) is 12.4 Å². The van der Waals surface area contributed by atoms with Crippen LogP contribution in [0.1, 0.15) is 14.5 Å². The standard InChI is InChI=1S/C20H16N4O5S/c1-29-12-3-2-11-9-24(17(26)14(11)8-12)10-20(18(27)22-19(28)23-20)7-6-13-4-5-15(30-13)16(21)25/h2-5,8-9,26H,10H2,1H3,(H2,21,25)(H2,22,23,27,28)/t20-/m1/s1. The molecule has 3 aromatic rings. The highest BCUT2D eigenvalue weighted by molar-refractivity contribution is 7.14. The lowest BCUT2D eigenvalue weighted by molar-refractivity contribution is -0.122. The van der Waals surface area contributed by atoms with Gasteiger partial charge < -0.3 is 25.5 Å². The van der Waals surface area contributed by atoms with E-state index in [9.17, 15) is 19.5 Å². The van der Waals surface area contributed by atoms with Gasteiger partial charge in [0.15, 0.2) is 5.88 Å². The number of nitrogens with two attached hydrogens (primary N) is 1. The van der Waals surface area contributed by atoms with Crippen LogP contribution in [0.2, 0.25) is 0 Å². The molecule has 9 nitrogen and oxygen atoms in total. The molecule has 4 rings (SSSR count). The van der Waals surface area contributed by atoms with Gasteiger partial charge in [0, 0.05) is 17.0 Å². The van der Waals surface area contributed by atoms with Crippen LogP contribution >= 0.6 is 11.3 Å². The Kier molecular flexibility index (Phi) is 4.60. The first-order chi connectivity index (χ1) is 14.3. The Bertz CT molecular complexity index is 1270. The van der Waals surface area contributed by atoms with Crippen LogP contribution in [0.5, 0.6) is 11.6 Å². The van der Waals surface area contributed by atoms with Gasteiger partial charge in [-0.15, -0.1) is 11.3 Å². The van der Waals surface area contributed by atoms with E-state index in [2.05, 4.69) is 22.5 Å². The van der Waals surface area contributed by atoms with Crippen molar-refractivity contribution in [1.82, 2.24) is 15.2 Å². The van der Waals surface area contributed by atoms with Crippen LogP contribution < -0.4 is 21.1 Å². The number of aromatic hydroxyl groups is 1. The Morgan fingerprint density at radius 2 is 2.13 bits per heavy atom. The number of aromatic nitrogens is 1. The van der Waals surface area contributed by atoms with Crippen LogP contribution in [0.15, 0.2) is 36.5 Å². The summed E-state index contributed by atoms with van der Waals surface area (Å²) in [7, 11) is 1.52. The largest absolute Gasteiger partial charge is 0.497 e. The maximum absolute atomic E-state index is 12.6. The molecule has 0 radical (unpaired) electrons. The van der Waals surface area contributed by atoms with E-state index < -0.39 is 23.4 Å². The molecule has 1 aliphatic heterocycles. The number of thiophene rings is 1. The number of fused-ring (bicyclic) bond motifs is 1. The van der Waals surface area contributed by atoms with Crippen molar-refractivity contribution in [2.24, 2.45) is 5.73 Å². The van der Waals surface area contributed by atoms with Crippen LogP contribution in [-0.4, -0.2) is 40.2 Å². The molecule has 0 unspecified atom stereocenters. The maximum Gasteiger partial charge on any atom is 0.323 e. The molecule has 2 aromatic heterocycles. The Morgan fingerprint density at radius 1 is 1.33 bits per heavy atom. The summed E-state index contributed by atoms with van der Waals surface area (Å²) in [4.78, 5) is 36.5. The van der Waals surface area contributed by atoms with Gasteiger partial charge in [0.1, 0.15) is 5.75 Å². The molecule has 3 heterocycles. The summed E-state index contributed by atoms with van der Waals surface area (Å²) in [6.45, 7) is -0.131. The molecular weight excluding hydrogens is 408 g/mol. The first-order valence-electron chi connectivity index (χ1n) is 8.73. The number of urea groups is 1. The molecule has 1 aromatic carbocycles. The van der Waals surface area contributed by atoms with Gasteiger partial charge >= 0.3 is 6.03 Å². The van der Waals surface area contributed by atoms with E-state index in [4.69, 9.17) is 10.5 Å². The third-order valence-corrected chi connectivity index (χ3v) is 5.68. The zero-order valence-electron chi connectivity index (χ0n) is 15.7. The number of primary amides is 1. The van der Waals surface area contributed by atoms with Gasteiger partial charge in [-0.3, -0.25) is 14.9 Å². The van der Waals surface area contributed by atoms with Gasteiger partial charge in [0.05, 0.1) is 23.4 Å². The van der Waals surface area contributed by atoms with Crippen molar-refractivity contribution in [3.05, 3.63) is 46.3 Å². The third-order valence-electron chi connectivity index (χ3n) is 4.67. The second-order valence-corrected chi connectivity index (χ2v) is 7.71. The van der Waals surface area contributed by atoms with Gasteiger partial charge in [-0.05, 0) is 30.3 Å². The minimum atomic E-state index is -1.61. The van der Waals surface area contributed by atoms with E-state index in [0.717, 1.165) is 16.7 Å². The van der Waals surface area contributed by atoms with Gasteiger partial charge in [0.2, 0.25) is 5.54 Å². The first-order valence-corrected chi connectivity index (χ1v) is 9.55. The normalized spacial score (nSPS) is 17.9. The summed E-state index contributed by atoms with van der Waals surface area (Å²) in [5, 5.41) is 16.6. The molecule has 0 aliphatic carbocycles. The Labute approximate surface area is 174 Å². The molecule has 0 saturated carbocycles. The molecule has 0 bridgehead atoms. The summed E-state index contributed by atoms with van der Waals surface area (Å²) >= 11 is 1.08. The van der Waals surface area contributed by atoms with Crippen molar-refractivity contribution >= 4 is 40.0 Å². The SMILES string of the molecule is COc1ccc2cn(C[C@@]3(C#Cc4ccc(C(N)=O)s4)NC(=O)NC3=O)c(O)c2c1. The lowest BCUT2D eigenvalue weighted by Gasteiger charge is -2.20. The summed E-state index contributed by atoms with van der Waals surface area (Å²) in [6.07, 6.45) is 1.65. The summed E-state index contributed by atoms with van der Waals surface area (Å²) in [5.74, 6) is 4.88. The van der Waals surface area contributed by atoms with Crippen LogP contribution in [0, 0.1) is 11.8 Å². The highest BCUT2D eigenvalue weighted by Crippen LogP contribution is 2.32. The fourth-order valence-corrected chi connectivity index (χ4v) is 3.88. The average molecular weight is 424 g/mol. The van der Waals surface area contributed by atoms with Crippen molar-refractivity contribution in [3.8, 4) is 23.5 Å². The molecule has 1 aliphatic rings. The van der Waals surface area contributed by atoms with E-state index >= 15 is 0 Å². The van der Waals surface area contributed by atoms with Crippen molar-refractivity contribution in [2.75, 3.05) is 7.11 Å². The molecule has 1 saturated heterocycles. The molecule has 1 atom stereocenters. The molecular formula is C20H16N4O5S. The number of nitrogens with zero attached hydrogens (tertiary/aromatic N) is 1. The number of nitrogens with one attached hydrogen (secondary N) is 2. The van der Waals surface area contributed by atoms with Crippen molar-refractivity contribution in [1.29, 1.82) is 0 Å². The molecule has 4 amide bonds.